The van der Waals surface area contributed by atoms with Crippen LogP contribution in [0.15, 0.2) is 98.1 Å². The first kappa shape index (κ1) is 19.3. The Morgan fingerprint density at radius 1 is 0.852 bits per heavy atom. The van der Waals surface area contributed by atoms with Crippen LogP contribution in [0.2, 0.25) is 0 Å². The summed E-state index contributed by atoms with van der Waals surface area (Å²) < 4.78 is 0. The van der Waals surface area contributed by atoms with Crippen LogP contribution in [0.25, 0.3) is 0 Å². The van der Waals surface area contributed by atoms with Crippen molar-refractivity contribution in [2.45, 2.75) is 30.6 Å². The van der Waals surface area contributed by atoms with E-state index in [0.717, 1.165) is 12.8 Å². The summed E-state index contributed by atoms with van der Waals surface area (Å²) in [5.74, 6) is 0. The average molecular weight is 359 g/mol. The van der Waals surface area contributed by atoms with Crippen molar-refractivity contribution < 1.29 is 0 Å². The summed E-state index contributed by atoms with van der Waals surface area (Å²) in [6.07, 6.45) is 10.1. The third-order valence-corrected chi connectivity index (χ3v) is 5.92. The molecule has 0 aromatic heterocycles. The summed E-state index contributed by atoms with van der Waals surface area (Å²) in [6.45, 7) is 8.02. The molecule has 140 valence electrons. The molecule has 0 aliphatic carbocycles. The topological polar surface area (TPSA) is 6.48 Å². The highest BCUT2D eigenvalue weighted by molar-refractivity contribution is 5.32. The van der Waals surface area contributed by atoms with Crippen LogP contribution in [-0.2, 0) is 0 Å². The molecule has 0 unspecified atom stereocenters. The van der Waals surface area contributed by atoms with Crippen molar-refractivity contribution in [3.05, 3.63) is 109 Å². The lowest BCUT2D eigenvalue weighted by Crippen LogP contribution is -2.49. The molecule has 3 rings (SSSR count). The molecule has 0 amide bonds. The van der Waals surface area contributed by atoms with Crippen molar-refractivity contribution in [3.63, 3.8) is 0 Å². The van der Waals surface area contributed by atoms with Crippen LogP contribution >= 0.6 is 0 Å². The van der Waals surface area contributed by atoms with E-state index in [2.05, 4.69) is 110 Å². The van der Waals surface area contributed by atoms with Gasteiger partial charge < -0.3 is 0 Å². The van der Waals surface area contributed by atoms with E-state index in [4.69, 9.17) is 0 Å². The minimum atomic E-state index is -0.202. The number of likely N-dealkylation sites (N-methyl/N-ethyl adjacent to an activating group) is 2. The zero-order chi connectivity index (χ0) is 19.3. The fourth-order valence-electron chi connectivity index (χ4n) is 4.50. The van der Waals surface area contributed by atoms with E-state index in [9.17, 15) is 0 Å². The second-order valence-corrected chi connectivity index (χ2v) is 7.22. The van der Waals surface area contributed by atoms with Crippen molar-refractivity contribution >= 4 is 0 Å². The highest BCUT2D eigenvalue weighted by Gasteiger charge is 2.52. The predicted octanol–water partition coefficient (Wildman–Crippen LogP) is 5.75. The Bertz CT molecular complexity index is 727. The van der Waals surface area contributed by atoms with Crippen molar-refractivity contribution in [1.82, 2.24) is 9.80 Å². The summed E-state index contributed by atoms with van der Waals surface area (Å²) in [5.41, 5.74) is 2.48. The van der Waals surface area contributed by atoms with Gasteiger partial charge >= 0.3 is 0 Å². The molecule has 1 heterocycles. The van der Waals surface area contributed by atoms with Crippen LogP contribution < -0.4 is 0 Å². The van der Waals surface area contributed by atoms with Gasteiger partial charge in [0.25, 0.3) is 0 Å². The first-order valence-corrected chi connectivity index (χ1v) is 9.62. The van der Waals surface area contributed by atoms with E-state index < -0.39 is 0 Å². The van der Waals surface area contributed by atoms with E-state index in [1.54, 1.807) is 0 Å². The summed E-state index contributed by atoms with van der Waals surface area (Å²) in [4.78, 5) is 4.99. The summed E-state index contributed by atoms with van der Waals surface area (Å²) in [6, 6.07) is 22.2. The maximum Gasteiger partial charge on any atom is 0.0936 e. The summed E-state index contributed by atoms with van der Waals surface area (Å²) in [7, 11) is 4.46. The second-order valence-electron chi connectivity index (χ2n) is 7.22. The minimum absolute atomic E-state index is 0.202. The van der Waals surface area contributed by atoms with Crippen LogP contribution in [0.1, 0.15) is 36.1 Å². The Hall–Kier alpha value is -2.42. The quantitative estimate of drug-likeness (QED) is 0.459. The van der Waals surface area contributed by atoms with Gasteiger partial charge in [-0.25, -0.2) is 0 Å². The van der Waals surface area contributed by atoms with Gasteiger partial charge in [-0.05, 0) is 38.1 Å². The number of nitrogens with zero attached hydrogens (tertiary/aromatic N) is 2. The smallest absolute Gasteiger partial charge is 0.0936 e. The third kappa shape index (κ3) is 3.55. The van der Waals surface area contributed by atoms with Crippen LogP contribution in [-0.4, -0.2) is 29.6 Å². The fraction of sp³-hybridized carbons (Fsp3) is 0.280. The molecule has 2 nitrogen and oxygen atoms in total. The van der Waals surface area contributed by atoms with Crippen molar-refractivity contribution in [3.8, 4) is 0 Å². The molecule has 2 aromatic carbocycles. The molecule has 1 aliphatic heterocycles. The van der Waals surface area contributed by atoms with Crippen molar-refractivity contribution in [2.75, 3.05) is 14.1 Å². The average Bonchev–Trinajstić information content (AvgIpc) is 2.94. The zero-order valence-corrected chi connectivity index (χ0v) is 16.5. The number of hydrogen-bond donors (Lipinski definition) is 0. The van der Waals surface area contributed by atoms with Gasteiger partial charge in [-0.2, -0.15) is 0 Å². The molecule has 2 aromatic rings. The Labute approximate surface area is 164 Å². The monoisotopic (exact) mass is 358 g/mol. The summed E-state index contributed by atoms with van der Waals surface area (Å²) in [5, 5.41) is 0. The van der Waals surface area contributed by atoms with Crippen LogP contribution in [0, 0.1) is 0 Å². The van der Waals surface area contributed by atoms with Gasteiger partial charge in [-0.15, -0.1) is 0 Å². The van der Waals surface area contributed by atoms with Gasteiger partial charge in [0.2, 0.25) is 0 Å². The maximum atomic E-state index is 4.24. The molecule has 0 saturated carbocycles. The van der Waals surface area contributed by atoms with E-state index in [0.29, 0.717) is 0 Å². The highest BCUT2D eigenvalue weighted by atomic mass is 15.5. The lowest BCUT2D eigenvalue weighted by Gasteiger charge is -2.40. The van der Waals surface area contributed by atoms with E-state index >= 15 is 0 Å². The predicted molar refractivity (Wildman–Crippen MR) is 115 cm³/mol. The van der Waals surface area contributed by atoms with Crippen LogP contribution in [0.3, 0.4) is 0 Å². The largest absolute Gasteiger partial charge is 0.276 e. The molecular weight excluding hydrogens is 328 g/mol. The normalized spacial score (nSPS) is 22.9. The molecule has 0 spiro atoms. The lowest BCUT2D eigenvalue weighted by molar-refractivity contribution is 0.0711. The van der Waals surface area contributed by atoms with E-state index in [1.165, 1.54) is 11.1 Å². The Kier molecular flexibility index (Phi) is 6.10. The number of allylic oxidation sites excluding steroid dienone is 3. The molecule has 0 bridgehead atoms. The van der Waals surface area contributed by atoms with E-state index in [-0.39, 0.29) is 17.7 Å². The Morgan fingerprint density at radius 3 is 1.74 bits per heavy atom. The van der Waals surface area contributed by atoms with E-state index in [1.807, 2.05) is 12.2 Å². The number of rotatable bonds is 7. The molecule has 0 radical (unpaired) electrons. The fourth-order valence-corrected chi connectivity index (χ4v) is 4.50. The van der Waals surface area contributed by atoms with Gasteiger partial charge in [0, 0.05) is 0 Å². The molecule has 0 N–H and O–H groups in total. The Morgan fingerprint density at radius 2 is 1.33 bits per heavy atom. The summed E-state index contributed by atoms with van der Waals surface area (Å²) >= 11 is 0. The molecule has 1 fully saturated rings. The number of benzene rings is 2. The molecule has 27 heavy (non-hydrogen) atoms. The number of hydrogen-bond acceptors (Lipinski definition) is 2. The SMILES string of the molecule is C=C/C=C/CCC1(C=C)N(C)[C@@H](c2ccccc2)[C@H](c2ccccc2)N1C. The van der Waals surface area contributed by atoms with Crippen LogP contribution in [0.5, 0.6) is 0 Å². The lowest BCUT2D eigenvalue weighted by atomic mass is 9.93. The molecule has 2 atom stereocenters. The van der Waals surface area contributed by atoms with Gasteiger partial charge in [0.05, 0.1) is 17.7 Å². The van der Waals surface area contributed by atoms with Gasteiger partial charge in [0.1, 0.15) is 0 Å². The molecule has 1 aliphatic rings. The van der Waals surface area contributed by atoms with Crippen LogP contribution in [0.4, 0.5) is 0 Å². The standard InChI is InChI=1S/C25H30N2/c1-5-7-8-15-20-25(6-2)26(3)23(21-16-11-9-12-17-21)24(27(25)4)22-18-13-10-14-19-22/h5-14,16-19,23-24H,1-2,15,20H2,3-4H3/b8-7+/t23-,24-/m0/s1. The van der Waals surface area contributed by atoms with Gasteiger partial charge in [0.15, 0.2) is 0 Å². The molecular formula is C25H30N2. The first-order chi connectivity index (χ1) is 13.2. The third-order valence-electron chi connectivity index (χ3n) is 5.92. The zero-order valence-electron chi connectivity index (χ0n) is 16.5. The van der Waals surface area contributed by atoms with Gasteiger partial charge in [-0.1, -0.05) is 98.1 Å². The molecule has 2 heteroatoms. The van der Waals surface area contributed by atoms with Crippen molar-refractivity contribution in [2.24, 2.45) is 0 Å². The highest BCUT2D eigenvalue weighted by Crippen LogP contribution is 2.51. The van der Waals surface area contributed by atoms with Gasteiger partial charge in [-0.3, -0.25) is 9.80 Å². The molecule has 1 saturated heterocycles. The second kappa shape index (κ2) is 8.51. The first-order valence-electron chi connectivity index (χ1n) is 9.62. The maximum absolute atomic E-state index is 4.24. The Balaban J connectivity index is 2.05. The van der Waals surface area contributed by atoms with Crippen molar-refractivity contribution in [1.29, 1.82) is 0 Å². The minimum Gasteiger partial charge on any atom is -0.276 e.